The summed E-state index contributed by atoms with van der Waals surface area (Å²) in [5.41, 5.74) is 6.77. The van der Waals surface area contributed by atoms with Gasteiger partial charge in [0, 0.05) is 18.9 Å². The summed E-state index contributed by atoms with van der Waals surface area (Å²) in [7, 11) is 0. The van der Waals surface area contributed by atoms with Crippen molar-refractivity contribution < 1.29 is 4.52 Å². The number of hydrogen-bond donors (Lipinski definition) is 1. The molecule has 0 amide bonds. The highest BCUT2D eigenvalue weighted by atomic mass is 16.5. The molecule has 0 saturated heterocycles. The summed E-state index contributed by atoms with van der Waals surface area (Å²) in [4.78, 5) is 12.9. The zero-order valence-corrected chi connectivity index (χ0v) is 11.0. The van der Waals surface area contributed by atoms with E-state index in [1.54, 1.807) is 12.4 Å². The van der Waals surface area contributed by atoms with Crippen molar-refractivity contribution in [1.82, 2.24) is 20.1 Å². The summed E-state index contributed by atoms with van der Waals surface area (Å²) in [5.74, 6) is 1.56. The van der Waals surface area contributed by atoms with Gasteiger partial charge in [0.25, 0.3) is 0 Å². The fourth-order valence-corrected chi connectivity index (χ4v) is 2.59. The summed E-state index contributed by atoms with van der Waals surface area (Å²) < 4.78 is 5.41. The Bertz CT molecular complexity index is 557. The fourth-order valence-electron chi connectivity index (χ4n) is 2.59. The number of rotatable bonds is 3. The van der Waals surface area contributed by atoms with Crippen LogP contribution in [0.1, 0.15) is 37.1 Å². The van der Waals surface area contributed by atoms with Gasteiger partial charge in [0.2, 0.25) is 17.5 Å². The second-order valence-electron chi connectivity index (χ2n) is 5.20. The van der Waals surface area contributed by atoms with Gasteiger partial charge in [0.15, 0.2) is 0 Å². The summed E-state index contributed by atoms with van der Waals surface area (Å²) in [6.07, 6.45) is 7.84. The number of hydrogen-bond acceptors (Lipinski definition) is 6. The topological polar surface area (TPSA) is 90.7 Å². The zero-order chi connectivity index (χ0) is 13.3. The number of nitrogens with zero attached hydrogens (tertiary/aromatic N) is 4. The van der Waals surface area contributed by atoms with Gasteiger partial charge in [-0.05, 0) is 25.3 Å². The molecule has 0 radical (unpaired) electrons. The average molecular weight is 259 g/mol. The lowest BCUT2D eigenvalue weighted by molar-refractivity contribution is 0.284. The first-order valence-electron chi connectivity index (χ1n) is 6.57. The highest BCUT2D eigenvalue weighted by Crippen LogP contribution is 2.39. The molecule has 3 rings (SSSR count). The minimum atomic E-state index is -0.143. The average Bonchev–Trinajstić information content (AvgIpc) is 3.09. The molecule has 0 spiro atoms. The van der Waals surface area contributed by atoms with Crippen LogP contribution in [0.2, 0.25) is 0 Å². The third-order valence-corrected chi connectivity index (χ3v) is 3.81. The van der Waals surface area contributed by atoms with Crippen molar-refractivity contribution in [2.45, 2.75) is 38.0 Å². The Kier molecular flexibility index (Phi) is 3.02. The van der Waals surface area contributed by atoms with E-state index in [1.807, 2.05) is 6.92 Å². The Labute approximate surface area is 111 Å². The SMILES string of the molecule is Cc1cnc(-c2noc(C3(CN)CCCC3)n2)nc1. The molecule has 2 heterocycles. The van der Waals surface area contributed by atoms with E-state index in [9.17, 15) is 0 Å². The molecule has 2 aromatic heterocycles. The van der Waals surface area contributed by atoms with Crippen molar-refractivity contribution in [1.29, 1.82) is 0 Å². The third-order valence-electron chi connectivity index (χ3n) is 3.81. The Morgan fingerprint density at radius 1 is 1.21 bits per heavy atom. The van der Waals surface area contributed by atoms with E-state index in [-0.39, 0.29) is 5.41 Å². The van der Waals surface area contributed by atoms with Crippen LogP contribution in [-0.2, 0) is 5.41 Å². The molecule has 1 aliphatic rings. The monoisotopic (exact) mass is 259 g/mol. The standard InChI is InChI=1S/C13H17N5O/c1-9-6-15-10(16-7-9)11-17-12(19-18-11)13(8-14)4-2-3-5-13/h6-7H,2-5,8,14H2,1H3. The van der Waals surface area contributed by atoms with E-state index in [0.29, 0.717) is 24.1 Å². The Balaban J connectivity index is 1.92. The van der Waals surface area contributed by atoms with E-state index >= 15 is 0 Å². The second-order valence-corrected chi connectivity index (χ2v) is 5.20. The van der Waals surface area contributed by atoms with Crippen LogP contribution in [0.25, 0.3) is 11.6 Å². The minimum absolute atomic E-state index is 0.143. The van der Waals surface area contributed by atoms with Gasteiger partial charge in [-0.15, -0.1) is 0 Å². The molecule has 0 atom stereocenters. The van der Waals surface area contributed by atoms with Crippen LogP contribution in [0.5, 0.6) is 0 Å². The first-order valence-corrected chi connectivity index (χ1v) is 6.57. The maximum absolute atomic E-state index is 5.91. The molecule has 19 heavy (non-hydrogen) atoms. The zero-order valence-electron chi connectivity index (χ0n) is 11.0. The highest BCUT2D eigenvalue weighted by Gasteiger charge is 2.39. The lowest BCUT2D eigenvalue weighted by Crippen LogP contribution is -2.32. The van der Waals surface area contributed by atoms with Crippen LogP contribution >= 0.6 is 0 Å². The molecular weight excluding hydrogens is 242 g/mol. The van der Waals surface area contributed by atoms with Crippen molar-refractivity contribution in [2.24, 2.45) is 5.73 Å². The first-order chi connectivity index (χ1) is 9.23. The fraction of sp³-hybridized carbons (Fsp3) is 0.538. The highest BCUT2D eigenvalue weighted by molar-refractivity contribution is 5.41. The van der Waals surface area contributed by atoms with E-state index in [1.165, 1.54) is 0 Å². The Morgan fingerprint density at radius 2 is 1.89 bits per heavy atom. The second kappa shape index (κ2) is 4.70. The lowest BCUT2D eigenvalue weighted by atomic mass is 9.86. The van der Waals surface area contributed by atoms with E-state index in [2.05, 4.69) is 20.1 Å². The van der Waals surface area contributed by atoms with Crippen LogP contribution in [0.15, 0.2) is 16.9 Å². The van der Waals surface area contributed by atoms with Crippen LogP contribution < -0.4 is 5.73 Å². The molecule has 0 aromatic carbocycles. The van der Waals surface area contributed by atoms with E-state index in [4.69, 9.17) is 10.3 Å². The molecule has 1 aliphatic carbocycles. The quantitative estimate of drug-likeness (QED) is 0.900. The van der Waals surface area contributed by atoms with Gasteiger partial charge in [0.05, 0.1) is 5.41 Å². The summed E-state index contributed by atoms with van der Waals surface area (Å²) in [5, 5.41) is 3.99. The molecule has 6 nitrogen and oxygen atoms in total. The van der Waals surface area contributed by atoms with E-state index < -0.39 is 0 Å². The van der Waals surface area contributed by atoms with Crippen molar-refractivity contribution in [3.63, 3.8) is 0 Å². The Hall–Kier alpha value is -1.82. The lowest BCUT2D eigenvalue weighted by Gasteiger charge is -2.21. The van der Waals surface area contributed by atoms with Crippen LogP contribution in [-0.4, -0.2) is 26.7 Å². The third kappa shape index (κ3) is 2.12. The largest absolute Gasteiger partial charge is 0.338 e. The molecule has 6 heteroatoms. The van der Waals surface area contributed by atoms with Crippen molar-refractivity contribution in [3.05, 3.63) is 23.8 Å². The van der Waals surface area contributed by atoms with Crippen LogP contribution in [0.3, 0.4) is 0 Å². The van der Waals surface area contributed by atoms with Crippen molar-refractivity contribution >= 4 is 0 Å². The maximum atomic E-state index is 5.91. The predicted octanol–water partition coefficient (Wildman–Crippen LogP) is 1.61. The van der Waals surface area contributed by atoms with Gasteiger partial charge < -0.3 is 10.3 Å². The van der Waals surface area contributed by atoms with Crippen LogP contribution in [0.4, 0.5) is 0 Å². The predicted molar refractivity (Wildman–Crippen MR) is 69.3 cm³/mol. The van der Waals surface area contributed by atoms with Gasteiger partial charge in [-0.2, -0.15) is 4.98 Å². The molecule has 2 aromatic rings. The molecule has 100 valence electrons. The van der Waals surface area contributed by atoms with E-state index in [0.717, 1.165) is 31.2 Å². The maximum Gasteiger partial charge on any atom is 0.240 e. The summed E-state index contributed by atoms with van der Waals surface area (Å²) in [6.45, 7) is 2.48. The van der Waals surface area contributed by atoms with Gasteiger partial charge in [-0.3, -0.25) is 0 Å². The van der Waals surface area contributed by atoms with Crippen molar-refractivity contribution in [2.75, 3.05) is 6.54 Å². The summed E-state index contributed by atoms with van der Waals surface area (Å²) in [6, 6.07) is 0. The summed E-state index contributed by atoms with van der Waals surface area (Å²) >= 11 is 0. The molecule has 0 unspecified atom stereocenters. The molecule has 2 N–H and O–H groups in total. The van der Waals surface area contributed by atoms with Gasteiger partial charge >= 0.3 is 0 Å². The normalized spacial score (nSPS) is 17.8. The number of aromatic nitrogens is 4. The number of nitrogens with two attached hydrogens (primary N) is 1. The molecule has 1 fully saturated rings. The van der Waals surface area contributed by atoms with Gasteiger partial charge in [-0.1, -0.05) is 18.0 Å². The van der Waals surface area contributed by atoms with Gasteiger partial charge in [-0.25, -0.2) is 9.97 Å². The first kappa shape index (κ1) is 12.2. The number of aryl methyl sites for hydroxylation is 1. The van der Waals surface area contributed by atoms with Crippen LogP contribution in [0, 0.1) is 6.92 Å². The minimum Gasteiger partial charge on any atom is -0.338 e. The molecular formula is C13H17N5O. The van der Waals surface area contributed by atoms with Crippen molar-refractivity contribution in [3.8, 4) is 11.6 Å². The molecule has 0 bridgehead atoms. The Morgan fingerprint density at radius 3 is 2.53 bits per heavy atom. The smallest absolute Gasteiger partial charge is 0.240 e. The van der Waals surface area contributed by atoms with Gasteiger partial charge in [0.1, 0.15) is 0 Å². The molecule has 1 saturated carbocycles. The molecule has 0 aliphatic heterocycles.